The van der Waals surface area contributed by atoms with E-state index in [9.17, 15) is 9.59 Å². The van der Waals surface area contributed by atoms with E-state index < -0.39 is 5.97 Å². The number of methoxy groups -OCH3 is 1. The second-order valence-corrected chi connectivity index (χ2v) is 5.16. The van der Waals surface area contributed by atoms with E-state index in [-0.39, 0.29) is 18.8 Å². The zero-order valence-electron chi connectivity index (χ0n) is 13.0. The van der Waals surface area contributed by atoms with Gasteiger partial charge in [0.25, 0.3) is 0 Å². The quantitative estimate of drug-likeness (QED) is 0.502. The third-order valence-corrected chi connectivity index (χ3v) is 3.28. The maximum Gasteiger partial charge on any atom is 0.309 e. The van der Waals surface area contributed by atoms with Crippen LogP contribution in [-0.2, 0) is 20.7 Å². The van der Waals surface area contributed by atoms with E-state index in [1.54, 1.807) is 0 Å². The summed E-state index contributed by atoms with van der Waals surface area (Å²) in [5.41, 5.74) is 0.873. The Bertz CT molecular complexity index is 470. The Morgan fingerprint density at radius 3 is 2.55 bits per heavy atom. The third kappa shape index (κ3) is 8.29. The van der Waals surface area contributed by atoms with Gasteiger partial charge in [0.05, 0.1) is 20.1 Å². The Hall–Kier alpha value is -2.04. The molecule has 0 heterocycles. The second kappa shape index (κ2) is 10.7. The molecule has 5 heteroatoms. The van der Waals surface area contributed by atoms with Crippen LogP contribution in [0.3, 0.4) is 0 Å². The van der Waals surface area contributed by atoms with Crippen LogP contribution < -0.4 is 4.74 Å². The predicted octanol–water partition coefficient (Wildman–Crippen LogP) is 3.21. The van der Waals surface area contributed by atoms with Crippen molar-refractivity contribution in [1.82, 2.24) is 0 Å². The van der Waals surface area contributed by atoms with Crippen molar-refractivity contribution in [2.45, 2.75) is 44.9 Å². The topological polar surface area (TPSA) is 72.8 Å². The number of carbonyl (C=O) groups is 2. The molecule has 0 atom stereocenters. The number of carboxylic acid groups (broad SMARTS) is 1. The highest BCUT2D eigenvalue weighted by molar-refractivity contribution is 5.72. The van der Waals surface area contributed by atoms with Gasteiger partial charge in [0.2, 0.25) is 0 Å². The number of hydrogen-bond acceptors (Lipinski definition) is 4. The van der Waals surface area contributed by atoms with Crippen molar-refractivity contribution in [1.29, 1.82) is 0 Å². The van der Waals surface area contributed by atoms with Crippen molar-refractivity contribution >= 4 is 11.9 Å². The Labute approximate surface area is 131 Å². The SMILES string of the molecule is COC(=O)Cc1cccc(OCCCCCCCC(=O)O)c1. The molecule has 1 aromatic rings. The first kappa shape index (κ1) is 18.0. The Morgan fingerprint density at radius 2 is 1.82 bits per heavy atom. The molecule has 0 spiro atoms. The number of carboxylic acids is 1. The van der Waals surface area contributed by atoms with Gasteiger partial charge in [-0.15, -0.1) is 0 Å². The molecule has 0 aliphatic rings. The number of hydrogen-bond donors (Lipinski definition) is 1. The van der Waals surface area contributed by atoms with Crippen LogP contribution in [0.2, 0.25) is 0 Å². The highest BCUT2D eigenvalue weighted by Gasteiger charge is 2.04. The second-order valence-electron chi connectivity index (χ2n) is 5.16. The Morgan fingerprint density at radius 1 is 1.09 bits per heavy atom. The fourth-order valence-electron chi connectivity index (χ4n) is 2.08. The molecule has 5 nitrogen and oxygen atoms in total. The average molecular weight is 308 g/mol. The van der Waals surface area contributed by atoms with Crippen molar-refractivity contribution in [3.05, 3.63) is 29.8 Å². The summed E-state index contributed by atoms with van der Waals surface area (Å²) in [4.78, 5) is 21.6. The zero-order chi connectivity index (χ0) is 16.2. The van der Waals surface area contributed by atoms with Crippen LogP contribution in [-0.4, -0.2) is 30.8 Å². The van der Waals surface area contributed by atoms with E-state index in [1.807, 2.05) is 24.3 Å². The summed E-state index contributed by atoms with van der Waals surface area (Å²) in [6, 6.07) is 7.45. The lowest BCUT2D eigenvalue weighted by atomic mass is 10.1. The molecule has 0 saturated heterocycles. The highest BCUT2D eigenvalue weighted by Crippen LogP contribution is 2.15. The molecule has 0 unspecified atom stereocenters. The fourth-order valence-corrected chi connectivity index (χ4v) is 2.08. The summed E-state index contributed by atoms with van der Waals surface area (Å²) in [7, 11) is 1.37. The molecule has 0 saturated carbocycles. The zero-order valence-corrected chi connectivity index (χ0v) is 13.0. The van der Waals surface area contributed by atoms with Crippen LogP contribution in [0.25, 0.3) is 0 Å². The first-order valence-electron chi connectivity index (χ1n) is 7.62. The molecule has 1 N–H and O–H groups in total. The van der Waals surface area contributed by atoms with Gasteiger partial charge in [0.15, 0.2) is 0 Å². The van der Waals surface area contributed by atoms with Gasteiger partial charge in [0, 0.05) is 6.42 Å². The Kier molecular flexibility index (Phi) is 8.72. The first-order chi connectivity index (χ1) is 10.6. The number of rotatable bonds is 11. The molecule has 0 fully saturated rings. The normalized spacial score (nSPS) is 10.2. The average Bonchev–Trinajstić information content (AvgIpc) is 2.50. The summed E-state index contributed by atoms with van der Waals surface area (Å²) < 4.78 is 10.3. The van der Waals surface area contributed by atoms with Gasteiger partial charge in [-0.1, -0.05) is 31.4 Å². The van der Waals surface area contributed by atoms with Gasteiger partial charge in [-0.25, -0.2) is 0 Å². The molecule has 0 aliphatic heterocycles. The summed E-state index contributed by atoms with van der Waals surface area (Å²) in [5.74, 6) is -0.235. The summed E-state index contributed by atoms with van der Waals surface area (Å²) in [6.07, 6.45) is 5.18. The third-order valence-electron chi connectivity index (χ3n) is 3.28. The standard InChI is InChI=1S/C17H24O5/c1-21-17(20)13-14-8-7-9-15(12-14)22-11-6-4-2-3-5-10-16(18)19/h7-9,12H,2-6,10-11,13H2,1H3,(H,18,19). The lowest BCUT2D eigenvalue weighted by Crippen LogP contribution is -2.05. The summed E-state index contributed by atoms with van der Waals surface area (Å²) >= 11 is 0. The van der Waals surface area contributed by atoms with Crippen molar-refractivity contribution in [2.75, 3.05) is 13.7 Å². The van der Waals surface area contributed by atoms with E-state index >= 15 is 0 Å². The van der Waals surface area contributed by atoms with Crippen molar-refractivity contribution in [3.63, 3.8) is 0 Å². The lowest BCUT2D eigenvalue weighted by molar-refractivity contribution is -0.140. The maximum atomic E-state index is 11.2. The molecule has 0 bridgehead atoms. The maximum absolute atomic E-state index is 11.2. The van der Waals surface area contributed by atoms with Gasteiger partial charge in [0.1, 0.15) is 5.75 Å². The lowest BCUT2D eigenvalue weighted by Gasteiger charge is -2.08. The van der Waals surface area contributed by atoms with Crippen molar-refractivity contribution < 1.29 is 24.2 Å². The van der Waals surface area contributed by atoms with E-state index in [1.165, 1.54) is 7.11 Å². The van der Waals surface area contributed by atoms with Crippen LogP contribution in [0, 0.1) is 0 Å². The fraction of sp³-hybridized carbons (Fsp3) is 0.529. The largest absolute Gasteiger partial charge is 0.494 e. The van der Waals surface area contributed by atoms with Gasteiger partial charge < -0.3 is 14.6 Å². The molecular weight excluding hydrogens is 284 g/mol. The molecule has 22 heavy (non-hydrogen) atoms. The minimum Gasteiger partial charge on any atom is -0.494 e. The summed E-state index contributed by atoms with van der Waals surface area (Å²) in [5, 5.41) is 8.52. The first-order valence-corrected chi connectivity index (χ1v) is 7.62. The predicted molar refractivity (Wildman–Crippen MR) is 83.0 cm³/mol. The van der Waals surface area contributed by atoms with Crippen molar-refractivity contribution in [3.8, 4) is 5.75 Å². The van der Waals surface area contributed by atoms with Gasteiger partial charge in [-0.05, 0) is 30.5 Å². The minimum atomic E-state index is -0.727. The van der Waals surface area contributed by atoms with Crippen LogP contribution in [0.1, 0.15) is 44.1 Å². The molecule has 122 valence electrons. The van der Waals surface area contributed by atoms with Gasteiger partial charge in [-0.3, -0.25) is 9.59 Å². The number of aliphatic carboxylic acids is 1. The number of ether oxygens (including phenoxy) is 2. The molecule has 1 aromatic carbocycles. The number of benzene rings is 1. The summed E-state index contributed by atoms with van der Waals surface area (Å²) in [6.45, 7) is 0.626. The molecule has 0 aromatic heterocycles. The number of esters is 1. The molecule has 0 aliphatic carbocycles. The van der Waals surface area contributed by atoms with E-state index in [4.69, 9.17) is 9.84 Å². The van der Waals surface area contributed by atoms with E-state index in [0.717, 1.165) is 43.4 Å². The van der Waals surface area contributed by atoms with E-state index in [2.05, 4.69) is 4.74 Å². The smallest absolute Gasteiger partial charge is 0.309 e. The molecule has 1 rings (SSSR count). The van der Waals surface area contributed by atoms with Crippen LogP contribution in [0.4, 0.5) is 0 Å². The van der Waals surface area contributed by atoms with Crippen LogP contribution in [0.5, 0.6) is 5.75 Å². The number of unbranched alkanes of at least 4 members (excludes halogenated alkanes) is 4. The Balaban J connectivity index is 2.15. The van der Waals surface area contributed by atoms with E-state index in [0.29, 0.717) is 6.61 Å². The highest BCUT2D eigenvalue weighted by atomic mass is 16.5. The molecular formula is C17H24O5. The molecule has 0 radical (unpaired) electrons. The monoisotopic (exact) mass is 308 g/mol. The van der Waals surface area contributed by atoms with Crippen LogP contribution >= 0.6 is 0 Å². The number of carbonyl (C=O) groups excluding carboxylic acids is 1. The van der Waals surface area contributed by atoms with Crippen LogP contribution in [0.15, 0.2) is 24.3 Å². The van der Waals surface area contributed by atoms with Gasteiger partial charge >= 0.3 is 11.9 Å². The minimum absolute atomic E-state index is 0.247. The van der Waals surface area contributed by atoms with Gasteiger partial charge in [-0.2, -0.15) is 0 Å². The molecule has 0 amide bonds. The van der Waals surface area contributed by atoms with Crippen molar-refractivity contribution in [2.24, 2.45) is 0 Å².